The molecule has 0 spiro atoms. The highest BCUT2D eigenvalue weighted by Gasteiger charge is 2.60. The van der Waals surface area contributed by atoms with E-state index in [1.807, 2.05) is 0 Å². The van der Waals surface area contributed by atoms with Gasteiger partial charge in [-0.05, 0) is 36.0 Å². The van der Waals surface area contributed by atoms with Crippen molar-refractivity contribution in [3.8, 4) is 0 Å². The fraction of sp³-hybridized carbons (Fsp3) is 0.938. The van der Waals surface area contributed by atoms with Crippen molar-refractivity contribution in [3.63, 3.8) is 0 Å². The first-order valence-electron chi connectivity index (χ1n) is 7.92. The molecule has 2 aliphatic rings. The molecule has 4 heteroatoms. The first-order chi connectivity index (χ1) is 9.32. The van der Waals surface area contributed by atoms with E-state index in [2.05, 4.69) is 45.1 Å². The van der Waals surface area contributed by atoms with E-state index >= 15 is 0 Å². The largest absolute Gasteiger partial charge is 0.393 e. The molecule has 0 saturated heterocycles. The molecule has 2 N–H and O–H groups in total. The van der Waals surface area contributed by atoms with Crippen LogP contribution in [0, 0.1) is 23.2 Å². The Balaban J connectivity index is 1.74. The van der Waals surface area contributed by atoms with E-state index in [9.17, 15) is 5.11 Å². The lowest BCUT2D eigenvalue weighted by Gasteiger charge is -2.19. The number of aliphatic hydroxyl groups is 1. The summed E-state index contributed by atoms with van der Waals surface area (Å²) in [5, 5.41) is 17.3. The molecule has 0 aromatic carbocycles. The van der Waals surface area contributed by atoms with Gasteiger partial charge >= 0.3 is 0 Å². The summed E-state index contributed by atoms with van der Waals surface area (Å²) < 4.78 is 0. The van der Waals surface area contributed by atoms with E-state index in [4.69, 9.17) is 4.84 Å². The molecule has 2 fully saturated rings. The Morgan fingerprint density at radius 2 is 2.10 bits per heavy atom. The Labute approximate surface area is 123 Å². The lowest BCUT2D eigenvalue weighted by Crippen LogP contribution is -2.34. The number of rotatable bonds is 6. The summed E-state index contributed by atoms with van der Waals surface area (Å²) >= 11 is 0. The Hall–Kier alpha value is -0.610. The fourth-order valence-electron chi connectivity index (χ4n) is 3.44. The minimum atomic E-state index is -0.495. The van der Waals surface area contributed by atoms with Crippen LogP contribution in [0.4, 0.5) is 0 Å². The molecule has 0 aromatic heterocycles. The maximum absolute atomic E-state index is 9.78. The van der Waals surface area contributed by atoms with Crippen molar-refractivity contribution < 1.29 is 9.94 Å². The molecule has 0 radical (unpaired) electrons. The third kappa shape index (κ3) is 3.53. The van der Waals surface area contributed by atoms with Crippen molar-refractivity contribution in [2.24, 2.45) is 28.3 Å². The molecule has 0 heterocycles. The third-order valence-electron chi connectivity index (χ3n) is 5.10. The molecule has 0 aromatic rings. The molecule has 0 aliphatic heterocycles. The second-order valence-electron chi connectivity index (χ2n) is 7.47. The topological polar surface area (TPSA) is 53.8 Å². The maximum Gasteiger partial charge on any atom is 0.144 e. The number of aliphatic hydroxyl groups excluding tert-OH is 1. The van der Waals surface area contributed by atoms with Crippen LogP contribution >= 0.6 is 0 Å². The fourth-order valence-corrected chi connectivity index (χ4v) is 3.44. The number of oxime groups is 1. The van der Waals surface area contributed by atoms with Crippen LogP contribution in [0.15, 0.2) is 5.16 Å². The second-order valence-corrected chi connectivity index (χ2v) is 7.47. The number of hydrogen-bond donors (Lipinski definition) is 2. The Morgan fingerprint density at radius 1 is 1.40 bits per heavy atom. The molecule has 2 aliphatic carbocycles. The van der Waals surface area contributed by atoms with Crippen LogP contribution in [0.5, 0.6) is 0 Å². The monoisotopic (exact) mass is 282 g/mol. The number of hydrogen-bond acceptors (Lipinski definition) is 4. The predicted molar refractivity (Wildman–Crippen MR) is 81.7 cm³/mol. The molecule has 4 atom stereocenters. The number of nitrogens with one attached hydrogen (secondary N) is 1. The Morgan fingerprint density at radius 3 is 2.75 bits per heavy atom. The smallest absolute Gasteiger partial charge is 0.144 e. The zero-order valence-corrected chi connectivity index (χ0v) is 13.5. The zero-order valence-electron chi connectivity index (χ0n) is 13.5. The van der Waals surface area contributed by atoms with Gasteiger partial charge in [0.25, 0.3) is 0 Å². The summed E-state index contributed by atoms with van der Waals surface area (Å²) in [5.41, 5.74) is 1.67. The summed E-state index contributed by atoms with van der Waals surface area (Å²) in [6.45, 7) is 11.9. The summed E-state index contributed by atoms with van der Waals surface area (Å²) in [6.07, 6.45) is 1.81. The Kier molecular flexibility index (Phi) is 4.75. The van der Waals surface area contributed by atoms with Crippen LogP contribution in [0.3, 0.4) is 0 Å². The number of nitrogens with zero attached hydrogens (tertiary/aromatic N) is 1. The van der Waals surface area contributed by atoms with Crippen molar-refractivity contribution in [2.75, 3.05) is 13.2 Å². The average molecular weight is 282 g/mol. The zero-order chi connectivity index (χ0) is 14.9. The first-order valence-corrected chi connectivity index (χ1v) is 7.92. The highest BCUT2D eigenvalue weighted by atomic mass is 16.6. The van der Waals surface area contributed by atoms with E-state index in [-0.39, 0.29) is 6.61 Å². The predicted octanol–water partition coefficient (Wildman–Crippen LogP) is 2.42. The minimum absolute atomic E-state index is 0.271. The van der Waals surface area contributed by atoms with Crippen LogP contribution in [0.25, 0.3) is 0 Å². The maximum atomic E-state index is 9.78. The average Bonchev–Trinajstić information content (AvgIpc) is 2.88. The van der Waals surface area contributed by atoms with Crippen molar-refractivity contribution in [3.05, 3.63) is 0 Å². The second kappa shape index (κ2) is 6.02. The van der Waals surface area contributed by atoms with Gasteiger partial charge in [-0.25, -0.2) is 0 Å². The molecule has 20 heavy (non-hydrogen) atoms. The highest BCUT2D eigenvalue weighted by molar-refractivity contribution is 5.87. The molecule has 2 saturated carbocycles. The molecule has 4 nitrogen and oxygen atoms in total. The summed E-state index contributed by atoms with van der Waals surface area (Å²) in [4.78, 5) is 5.37. The molecular formula is C16H30N2O2. The van der Waals surface area contributed by atoms with Crippen LogP contribution in [0.1, 0.15) is 47.5 Å². The third-order valence-corrected chi connectivity index (χ3v) is 5.10. The molecule has 0 unspecified atom stereocenters. The minimum Gasteiger partial charge on any atom is -0.393 e. The molecule has 0 bridgehead atoms. The number of fused-ring (bicyclic) bond motifs is 1. The molecule has 116 valence electrons. The van der Waals surface area contributed by atoms with Crippen LogP contribution in [-0.4, -0.2) is 36.1 Å². The van der Waals surface area contributed by atoms with Gasteiger partial charge in [-0.1, -0.05) is 39.8 Å². The Bertz CT molecular complexity index is 365. The lowest BCUT2D eigenvalue weighted by atomic mass is 9.89. The van der Waals surface area contributed by atoms with Crippen LogP contribution in [-0.2, 0) is 4.84 Å². The van der Waals surface area contributed by atoms with Gasteiger partial charge in [-0.3, -0.25) is 0 Å². The van der Waals surface area contributed by atoms with E-state index in [0.29, 0.717) is 23.9 Å². The van der Waals surface area contributed by atoms with Gasteiger partial charge in [0.05, 0.1) is 5.71 Å². The normalized spacial score (nSPS) is 35.0. The van der Waals surface area contributed by atoms with Gasteiger partial charge in [-0.15, -0.1) is 0 Å². The molecule has 2 rings (SSSR count). The van der Waals surface area contributed by atoms with E-state index in [1.165, 1.54) is 12.1 Å². The van der Waals surface area contributed by atoms with Gasteiger partial charge in [0, 0.05) is 12.6 Å². The van der Waals surface area contributed by atoms with Gasteiger partial charge < -0.3 is 15.3 Å². The SMILES string of the molecule is CC(C)NC[C@@H](O)CO/N=C1/C[C@@H]2[C@H](C[C@H]1C)C2(C)C. The van der Waals surface area contributed by atoms with Crippen LogP contribution < -0.4 is 5.32 Å². The molecular weight excluding hydrogens is 252 g/mol. The van der Waals surface area contributed by atoms with Gasteiger partial charge in [0.2, 0.25) is 0 Å². The van der Waals surface area contributed by atoms with Crippen molar-refractivity contribution in [2.45, 2.75) is 59.6 Å². The van der Waals surface area contributed by atoms with Gasteiger partial charge in [0.15, 0.2) is 0 Å². The molecule has 0 amide bonds. The van der Waals surface area contributed by atoms with Gasteiger partial charge in [0.1, 0.15) is 12.7 Å². The van der Waals surface area contributed by atoms with E-state index in [1.54, 1.807) is 0 Å². The van der Waals surface area contributed by atoms with Gasteiger partial charge in [-0.2, -0.15) is 0 Å². The van der Waals surface area contributed by atoms with Crippen molar-refractivity contribution in [1.82, 2.24) is 5.32 Å². The van der Waals surface area contributed by atoms with Crippen molar-refractivity contribution in [1.29, 1.82) is 0 Å². The summed E-state index contributed by atoms with van der Waals surface area (Å²) in [5.74, 6) is 2.18. The van der Waals surface area contributed by atoms with Crippen molar-refractivity contribution >= 4 is 5.71 Å². The lowest BCUT2D eigenvalue weighted by molar-refractivity contribution is 0.0382. The van der Waals surface area contributed by atoms with Crippen LogP contribution in [0.2, 0.25) is 0 Å². The highest BCUT2D eigenvalue weighted by Crippen LogP contribution is 2.65. The quantitative estimate of drug-likeness (QED) is 0.736. The standard InChI is InChI=1S/C16H30N2O2/c1-10(2)17-8-12(19)9-20-18-15-7-14-13(6-11(15)3)16(14,4)5/h10-14,17,19H,6-9H2,1-5H3/b18-15-/t11-,12-,13+,14-/m1/s1. The van der Waals surface area contributed by atoms with E-state index < -0.39 is 6.10 Å². The summed E-state index contributed by atoms with van der Waals surface area (Å²) in [7, 11) is 0. The summed E-state index contributed by atoms with van der Waals surface area (Å²) in [6, 6.07) is 0.378. The first kappa shape index (κ1) is 15.8. The van der Waals surface area contributed by atoms with E-state index in [0.717, 1.165) is 18.3 Å².